The van der Waals surface area contributed by atoms with Gasteiger partial charge in [-0.15, -0.1) is 0 Å². The molecule has 0 aromatic carbocycles. The number of amides is 1. The summed E-state index contributed by atoms with van der Waals surface area (Å²) in [6, 6.07) is 1.90. The molecule has 1 fully saturated rings. The third-order valence-electron chi connectivity index (χ3n) is 5.12. The Hall–Kier alpha value is -2.94. The van der Waals surface area contributed by atoms with Crippen LogP contribution in [0.4, 0.5) is 5.69 Å². The number of nitrogens with two attached hydrogens (primary N) is 1. The minimum Gasteiger partial charge on any atom is -0.381 e. The quantitative estimate of drug-likeness (QED) is 0.667. The Morgan fingerprint density at radius 1 is 1.39 bits per heavy atom. The standard InChI is InChI=1S/C19H24N6O3/c1-3-25-19-15(10-21-25)17(23-12-4-6-27-7-5-12)14(11(2)22-19)8-13-9-16(18(20)26)28-24-13/h9-10,12H,3-8H2,1-2H3,(H2,20,26)(H,22,23). The molecule has 3 aromatic rings. The second-order valence-corrected chi connectivity index (χ2v) is 7.00. The van der Waals surface area contributed by atoms with E-state index in [-0.39, 0.29) is 5.76 Å². The Kier molecular flexibility index (Phi) is 4.99. The van der Waals surface area contributed by atoms with Gasteiger partial charge in [0.25, 0.3) is 5.91 Å². The van der Waals surface area contributed by atoms with Crippen molar-refractivity contribution in [2.45, 2.75) is 45.7 Å². The number of hydrogen-bond acceptors (Lipinski definition) is 7. The van der Waals surface area contributed by atoms with E-state index in [1.807, 2.05) is 24.7 Å². The number of nitrogens with zero attached hydrogens (tertiary/aromatic N) is 4. The first-order chi connectivity index (χ1) is 13.6. The summed E-state index contributed by atoms with van der Waals surface area (Å²) in [7, 11) is 0. The number of aryl methyl sites for hydroxylation is 2. The second kappa shape index (κ2) is 7.59. The zero-order valence-electron chi connectivity index (χ0n) is 16.1. The second-order valence-electron chi connectivity index (χ2n) is 7.00. The Morgan fingerprint density at radius 3 is 2.86 bits per heavy atom. The van der Waals surface area contributed by atoms with Gasteiger partial charge in [0.05, 0.1) is 23.0 Å². The van der Waals surface area contributed by atoms with Gasteiger partial charge in [0.2, 0.25) is 5.76 Å². The lowest BCUT2D eigenvalue weighted by Gasteiger charge is -2.26. The maximum atomic E-state index is 11.3. The fourth-order valence-corrected chi connectivity index (χ4v) is 3.59. The SMILES string of the molecule is CCn1ncc2c(NC3CCOCC3)c(Cc3cc(C(N)=O)on3)c(C)nc21. The van der Waals surface area contributed by atoms with Gasteiger partial charge in [-0.2, -0.15) is 5.10 Å². The summed E-state index contributed by atoms with van der Waals surface area (Å²) >= 11 is 0. The van der Waals surface area contributed by atoms with Crippen molar-refractivity contribution in [2.24, 2.45) is 5.73 Å². The van der Waals surface area contributed by atoms with Gasteiger partial charge in [0.15, 0.2) is 5.65 Å². The number of fused-ring (bicyclic) bond motifs is 1. The molecule has 0 saturated carbocycles. The van der Waals surface area contributed by atoms with Crippen LogP contribution >= 0.6 is 0 Å². The highest BCUT2D eigenvalue weighted by Gasteiger charge is 2.22. The van der Waals surface area contributed by atoms with Crippen molar-refractivity contribution in [3.63, 3.8) is 0 Å². The van der Waals surface area contributed by atoms with Crippen LogP contribution in [0.25, 0.3) is 11.0 Å². The third-order valence-corrected chi connectivity index (χ3v) is 5.12. The van der Waals surface area contributed by atoms with Crippen molar-refractivity contribution in [1.82, 2.24) is 19.9 Å². The predicted molar refractivity (Wildman–Crippen MR) is 103 cm³/mol. The van der Waals surface area contributed by atoms with Gasteiger partial charge in [0.1, 0.15) is 0 Å². The van der Waals surface area contributed by atoms with Crippen molar-refractivity contribution < 1.29 is 14.1 Å². The Labute approximate surface area is 162 Å². The van der Waals surface area contributed by atoms with Crippen LogP contribution < -0.4 is 11.1 Å². The van der Waals surface area contributed by atoms with Gasteiger partial charge in [-0.25, -0.2) is 9.67 Å². The molecular weight excluding hydrogens is 360 g/mol. The molecule has 4 rings (SSSR count). The van der Waals surface area contributed by atoms with E-state index in [2.05, 4.69) is 15.6 Å². The van der Waals surface area contributed by atoms with Crippen molar-refractivity contribution in [2.75, 3.05) is 18.5 Å². The molecule has 1 aliphatic rings. The molecule has 0 radical (unpaired) electrons. The molecule has 1 aliphatic heterocycles. The number of carbonyl (C=O) groups is 1. The smallest absolute Gasteiger partial charge is 0.287 e. The lowest BCUT2D eigenvalue weighted by atomic mass is 10.0. The molecule has 28 heavy (non-hydrogen) atoms. The molecule has 148 valence electrons. The van der Waals surface area contributed by atoms with E-state index in [1.165, 1.54) is 0 Å². The monoisotopic (exact) mass is 384 g/mol. The summed E-state index contributed by atoms with van der Waals surface area (Å²) in [5.74, 6) is -0.576. The summed E-state index contributed by atoms with van der Waals surface area (Å²) in [4.78, 5) is 16.1. The zero-order valence-corrected chi connectivity index (χ0v) is 16.1. The molecule has 3 aromatic heterocycles. The number of primary amides is 1. The first-order valence-corrected chi connectivity index (χ1v) is 9.51. The fraction of sp³-hybridized carbons (Fsp3) is 0.474. The van der Waals surface area contributed by atoms with Crippen LogP contribution in [0.2, 0.25) is 0 Å². The molecule has 0 atom stereocenters. The van der Waals surface area contributed by atoms with Crippen LogP contribution in [0.1, 0.15) is 47.3 Å². The summed E-state index contributed by atoms with van der Waals surface area (Å²) in [5, 5.41) is 13.1. The molecule has 9 nitrogen and oxygen atoms in total. The van der Waals surface area contributed by atoms with Gasteiger partial charge in [-0.05, 0) is 26.7 Å². The number of anilines is 1. The lowest BCUT2D eigenvalue weighted by molar-refractivity contribution is 0.0904. The van der Waals surface area contributed by atoms with E-state index in [0.29, 0.717) is 18.2 Å². The Morgan fingerprint density at radius 2 is 2.18 bits per heavy atom. The number of hydrogen-bond donors (Lipinski definition) is 2. The van der Waals surface area contributed by atoms with Gasteiger partial charge in [-0.1, -0.05) is 5.16 Å². The minimum atomic E-state index is -0.631. The first kappa shape index (κ1) is 18.4. The number of pyridine rings is 1. The van der Waals surface area contributed by atoms with Gasteiger partial charge >= 0.3 is 0 Å². The van der Waals surface area contributed by atoms with Gasteiger partial charge in [0, 0.05) is 49.5 Å². The molecule has 1 amide bonds. The Bertz CT molecular complexity index is 1000. The fourth-order valence-electron chi connectivity index (χ4n) is 3.59. The van der Waals surface area contributed by atoms with E-state index in [1.54, 1.807) is 6.07 Å². The molecule has 0 aliphatic carbocycles. The maximum absolute atomic E-state index is 11.3. The predicted octanol–water partition coefficient (Wildman–Crippen LogP) is 2.03. The van der Waals surface area contributed by atoms with Crippen molar-refractivity contribution in [3.8, 4) is 0 Å². The molecular formula is C19H24N6O3. The summed E-state index contributed by atoms with van der Waals surface area (Å²) in [6.07, 6.45) is 4.22. The van der Waals surface area contributed by atoms with E-state index >= 15 is 0 Å². The highest BCUT2D eigenvalue weighted by atomic mass is 16.5. The van der Waals surface area contributed by atoms with E-state index in [4.69, 9.17) is 20.0 Å². The topological polar surface area (TPSA) is 121 Å². The van der Waals surface area contributed by atoms with Crippen molar-refractivity contribution in [3.05, 3.63) is 35.0 Å². The van der Waals surface area contributed by atoms with Crippen LogP contribution in [0.15, 0.2) is 16.8 Å². The first-order valence-electron chi connectivity index (χ1n) is 9.51. The van der Waals surface area contributed by atoms with Crippen LogP contribution in [0, 0.1) is 6.92 Å². The van der Waals surface area contributed by atoms with Crippen molar-refractivity contribution >= 4 is 22.6 Å². The summed E-state index contributed by atoms with van der Waals surface area (Å²) in [5.41, 5.74) is 9.68. The van der Waals surface area contributed by atoms with Gasteiger partial charge < -0.3 is 20.3 Å². The number of nitrogens with one attached hydrogen (secondary N) is 1. The van der Waals surface area contributed by atoms with Crippen LogP contribution in [0.5, 0.6) is 0 Å². The number of carbonyl (C=O) groups excluding carboxylic acids is 1. The molecule has 1 saturated heterocycles. The summed E-state index contributed by atoms with van der Waals surface area (Å²) in [6.45, 7) is 6.27. The minimum absolute atomic E-state index is 0.0550. The molecule has 0 bridgehead atoms. The highest BCUT2D eigenvalue weighted by molar-refractivity contribution is 5.92. The highest BCUT2D eigenvalue weighted by Crippen LogP contribution is 2.32. The van der Waals surface area contributed by atoms with Crippen LogP contribution in [0.3, 0.4) is 0 Å². The van der Waals surface area contributed by atoms with Crippen molar-refractivity contribution in [1.29, 1.82) is 0 Å². The largest absolute Gasteiger partial charge is 0.381 e. The van der Waals surface area contributed by atoms with E-state index in [0.717, 1.165) is 60.6 Å². The van der Waals surface area contributed by atoms with Crippen LogP contribution in [-0.2, 0) is 17.7 Å². The maximum Gasteiger partial charge on any atom is 0.287 e. The number of aromatic nitrogens is 4. The molecule has 4 heterocycles. The molecule has 9 heteroatoms. The summed E-state index contributed by atoms with van der Waals surface area (Å²) < 4.78 is 12.4. The number of ether oxygens (including phenoxy) is 1. The van der Waals surface area contributed by atoms with Gasteiger partial charge in [-0.3, -0.25) is 4.79 Å². The number of rotatable bonds is 6. The molecule has 3 N–H and O–H groups in total. The zero-order chi connectivity index (χ0) is 19.7. The van der Waals surface area contributed by atoms with E-state index < -0.39 is 5.91 Å². The van der Waals surface area contributed by atoms with E-state index in [9.17, 15) is 4.79 Å². The molecule has 0 spiro atoms. The average molecular weight is 384 g/mol. The molecule has 0 unspecified atom stereocenters. The third kappa shape index (κ3) is 3.45. The lowest BCUT2D eigenvalue weighted by Crippen LogP contribution is -2.28. The normalized spacial score (nSPS) is 15.2. The Balaban J connectivity index is 1.77. The van der Waals surface area contributed by atoms with Crippen LogP contribution in [-0.4, -0.2) is 45.1 Å². The average Bonchev–Trinajstić information content (AvgIpc) is 3.32.